The number of aromatic nitrogens is 1. The molecule has 0 spiro atoms. The molecule has 64 heavy (non-hydrogen) atoms. The van der Waals surface area contributed by atoms with Crippen LogP contribution in [0.5, 0.6) is 0 Å². The van der Waals surface area contributed by atoms with Crippen molar-refractivity contribution >= 4 is 51.2 Å². The Bertz CT molecular complexity index is 2500. The average Bonchev–Trinajstić information content (AvgIpc) is 3.29. The molecule has 0 aliphatic rings. The van der Waals surface area contributed by atoms with E-state index in [2.05, 4.69) is 0 Å². The number of alkyl halides is 1. The van der Waals surface area contributed by atoms with E-state index in [0.29, 0.717) is 11.1 Å². The first-order valence-corrected chi connectivity index (χ1v) is 17.3. The van der Waals surface area contributed by atoms with Crippen LogP contribution in [0, 0.1) is 116 Å². The SMILES string of the molecule is Fc1c(F)c(F)c([B-](c2c(F)c(F)c(F)c(F)c2F)(c2c(F)c(F)c(F)c(F)c2F)c2c(F)c(F)c(F)c(F)c2F)c(F)c1F.O=C(CCl)c1cc[n+](CC(=O)c2ccccc2)cc1. The molecule has 0 atom stereocenters. The van der Waals surface area contributed by atoms with E-state index in [1.165, 1.54) is 0 Å². The first-order valence-electron chi connectivity index (χ1n) is 16.8. The molecular weight excluding hydrogens is 941 g/mol. The summed E-state index contributed by atoms with van der Waals surface area (Å²) in [6.45, 7) is 0.249. The average molecular weight is 954 g/mol. The number of hydrogen-bond acceptors (Lipinski definition) is 2. The number of carbonyl (C=O) groups is 2. The van der Waals surface area contributed by atoms with Gasteiger partial charge in [-0.3, -0.25) is 9.59 Å². The lowest BCUT2D eigenvalue weighted by Gasteiger charge is -2.44. The van der Waals surface area contributed by atoms with Crippen molar-refractivity contribution in [3.8, 4) is 0 Å². The first-order chi connectivity index (χ1) is 29.9. The summed E-state index contributed by atoms with van der Waals surface area (Å²) in [6, 6.07) is 12.4. The van der Waals surface area contributed by atoms with E-state index < -0.39 is 144 Å². The highest BCUT2D eigenvalue weighted by molar-refractivity contribution is 7.20. The van der Waals surface area contributed by atoms with Gasteiger partial charge in [-0.2, -0.15) is 4.57 Å². The van der Waals surface area contributed by atoms with Crippen molar-refractivity contribution in [1.82, 2.24) is 0 Å². The fourth-order valence-corrected chi connectivity index (χ4v) is 6.74. The molecule has 336 valence electrons. The topological polar surface area (TPSA) is 38.0 Å². The Kier molecular flexibility index (Phi) is 13.9. The van der Waals surface area contributed by atoms with Gasteiger partial charge >= 0.3 is 0 Å². The molecule has 1 aromatic heterocycles. The summed E-state index contributed by atoms with van der Waals surface area (Å²) in [5, 5.41) is 0. The maximum absolute atomic E-state index is 15.4. The molecule has 0 unspecified atom stereocenters. The van der Waals surface area contributed by atoms with Gasteiger partial charge in [-0.1, -0.05) is 30.3 Å². The van der Waals surface area contributed by atoms with E-state index in [1.54, 1.807) is 41.2 Å². The predicted octanol–water partition coefficient (Wildman–Crippen LogP) is 8.12. The van der Waals surface area contributed by atoms with Crippen LogP contribution in [0.3, 0.4) is 0 Å². The van der Waals surface area contributed by atoms with Crippen molar-refractivity contribution in [2.75, 3.05) is 5.88 Å². The van der Waals surface area contributed by atoms with Crippen LogP contribution in [-0.4, -0.2) is 23.6 Å². The zero-order valence-corrected chi connectivity index (χ0v) is 31.1. The van der Waals surface area contributed by atoms with Crippen LogP contribution in [0.15, 0.2) is 54.9 Å². The van der Waals surface area contributed by atoms with Crippen molar-refractivity contribution in [3.63, 3.8) is 0 Å². The summed E-state index contributed by atoms with van der Waals surface area (Å²) >= 11 is 5.48. The second-order valence-electron chi connectivity index (χ2n) is 12.9. The lowest BCUT2D eigenvalue weighted by atomic mass is 9.12. The molecule has 3 nitrogen and oxygen atoms in total. The van der Waals surface area contributed by atoms with Gasteiger partial charge in [0.15, 0.2) is 88.0 Å². The Hall–Kier alpha value is -6.46. The number of Topliss-reactive ketones (excluding diaryl/α,β-unsaturated/α-hetero) is 2. The summed E-state index contributed by atoms with van der Waals surface area (Å²) < 4.78 is 296. The van der Waals surface area contributed by atoms with Gasteiger partial charge in [-0.05, 0) is 0 Å². The Morgan fingerprint density at radius 1 is 0.359 bits per heavy atom. The number of ketones is 2. The van der Waals surface area contributed by atoms with Gasteiger partial charge in [0, 0.05) is 23.3 Å². The van der Waals surface area contributed by atoms with Crippen LogP contribution in [-0.2, 0) is 6.54 Å². The molecule has 25 heteroatoms. The van der Waals surface area contributed by atoms with E-state index in [4.69, 9.17) is 11.6 Å². The molecule has 0 aliphatic heterocycles. The van der Waals surface area contributed by atoms with Crippen molar-refractivity contribution in [2.45, 2.75) is 6.54 Å². The maximum atomic E-state index is 15.4. The van der Waals surface area contributed by atoms with Crippen molar-refractivity contribution in [3.05, 3.63) is 182 Å². The lowest BCUT2D eigenvalue weighted by Crippen LogP contribution is -2.81. The highest BCUT2D eigenvalue weighted by atomic mass is 35.5. The first kappa shape index (κ1) is 48.6. The second-order valence-corrected chi connectivity index (χ2v) is 13.2. The van der Waals surface area contributed by atoms with Crippen LogP contribution in [0.4, 0.5) is 87.8 Å². The van der Waals surface area contributed by atoms with Crippen LogP contribution >= 0.6 is 11.6 Å². The van der Waals surface area contributed by atoms with Gasteiger partial charge in [0.2, 0.25) is 12.3 Å². The monoisotopic (exact) mass is 953 g/mol. The fraction of sp³-hybridized carbons (Fsp3) is 0.0513. The largest absolute Gasteiger partial charge is 0.293 e. The Balaban J connectivity index is 0.000000337. The summed E-state index contributed by atoms with van der Waals surface area (Å²) in [7, 11) is 0. The summed E-state index contributed by atoms with van der Waals surface area (Å²) in [5.41, 5.74) is -13.1. The minimum Gasteiger partial charge on any atom is -0.293 e. The molecule has 0 saturated heterocycles. The van der Waals surface area contributed by atoms with Crippen molar-refractivity contribution < 1.29 is 102 Å². The van der Waals surface area contributed by atoms with E-state index in [-0.39, 0.29) is 24.0 Å². The van der Waals surface area contributed by atoms with E-state index >= 15 is 35.1 Å². The summed E-state index contributed by atoms with van der Waals surface area (Å²) in [5.74, 6) is -71.5. The zero-order valence-electron chi connectivity index (χ0n) is 30.4. The molecule has 0 saturated carbocycles. The fourth-order valence-electron chi connectivity index (χ4n) is 6.58. The van der Waals surface area contributed by atoms with Gasteiger partial charge in [-0.25, -0.2) is 87.8 Å². The predicted molar refractivity (Wildman–Crippen MR) is 182 cm³/mol. The van der Waals surface area contributed by atoms with Crippen LogP contribution in [0.1, 0.15) is 20.7 Å². The minimum absolute atomic E-state index is 0.0296. The second kappa shape index (κ2) is 18.3. The van der Waals surface area contributed by atoms with Gasteiger partial charge in [-0.15, -0.1) is 33.5 Å². The molecule has 0 radical (unpaired) electrons. The Morgan fingerprint density at radius 3 is 0.844 bits per heavy atom. The van der Waals surface area contributed by atoms with Gasteiger partial charge in [0.05, 0.1) is 5.88 Å². The summed E-state index contributed by atoms with van der Waals surface area (Å²) in [4.78, 5) is 23.3. The number of hydrogen-bond donors (Lipinski definition) is 0. The zero-order chi connectivity index (χ0) is 48.0. The molecule has 0 fully saturated rings. The molecule has 6 aromatic rings. The molecular formula is C39H13BClF20NO2. The Labute approximate surface area is 347 Å². The number of rotatable bonds is 9. The van der Waals surface area contributed by atoms with Crippen LogP contribution in [0.25, 0.3) is 0 Å². The third kappa shape index (κ3) is 7.80. The van der Waals surface area contributed by atoms with Crippen LogP contribution < -0.4 is 26.4 Å². The van der Waals surface area contributed by atoms with E-state index in [9.17, 15) is 62.3 Å². The number of benzene rings is 5. The molecule has 0 bridgehead atoms. The summed E-state index contributed by atoms with van der Waals surface area (Å²) in [6.07, 6.45) is -3.80. The van der Waals surface area contributed by atoms with Gasteiger partial charge in [0.25, 0.3) is 0 Å². The quantitative estimate of drug-likeness (QED) is 0.0280. The number of carbonyl (C=O) groups excluding carboxylic acids is 2. The Morgan fingerprint density at radius 2 is 0.594 bits per heavy atom. The van der Waals surface area contributed by atoms with E-state index in [1.807, 2.05) is 18.2 Å². The number of halogens is 21. The van der Waals surface area contributed by atoms with Crippen LogP contribution in [0.2, 0.25) is 0 Å². The normalized spacial score (nSPS) is 11.5. The van der Waals surface area contributed by atoms with Crippen molar-refractivity contribution in [2.24, 2.45) is 0 Å². The highest BCUT2D eigenvalue weighted by Gasteiger charge is 2.52. The van der Waals surface area contributed by atoms with E-state index in [0.717, 1.165) is 0 Å². The maximum Gasteiger partial charge on any atom is 0.227 e. The standard InChI is InChI=1S/C24BF20.C15H13ClNO2/c26-5-1(6(27)14(35)21(42)13(5)34)25(2-7(28)15(36)22(43)16(37)8(2)29,3-9(30)17(38)23(44)18(39)10(3)31)4-11(32)19(40)24(45)20(41)12(4)33;16-10-14(18)13-6-8-17(9-7-13)11-15(19)12-4-2-1-3-5-12/h;1-9H,10-11H2/q-1;+1. The molecule has 5 aromatic carbocycles. The number of pyridine rings is 1. The molecule has 0 aliphatic carbocycles. The minimum atomic E-state index is -7.22. The molecule has 1 heterocycles. The van der Waals surface area contributed by atoms with Gasteiger partial charge in [0.1, 0.15) is 52.7 Å². The third-order valence-corrected chi connectivity index (χ3v) is 9.71. The molecule has 0 amide bonds. The number of nitrogens with zero attached hydrogens (tertiary/aromatic N) is 1. The van der Waals surface area contributed by atoms with Crippen molar-refractivity contribution in [1.29, 1.82) is 0 Å². The molecule has 0 N–H and O–H groups in total. The highest BCUT2D eigenvalue weighted by Crippen LogP contribution is 2.30. The molecule has 6 rings (SSSR count). The smallest absolute Gasteiger partial charge is 0.227 e. The van der Waals surface area contributed by atoms with Gasteiger partial charge < -0.3 is 0 Å². The lowest BCUT2D eigenvalue weighted by molar-refractivity contribution is -0.683. The third-order valence-electron chi connectivity index (χ3n) is 9.46.